The fraction of sp³-hybridized carbons (Fsp3) is 0.514. The molecule has 3 aromatic rings. The number of benzene rings is 2. The zero-order valence-electron chi connectivity index (χ0n) is 27.2. The molecule has 2 saturated heterocycles. The summed E-state index contributed by atoms with van der Waals surface area (Å²) in [5.74, 6) is 0.379. The van der Waals surface area contributed by atoms with Crippen LogP contribution in [0.15, 0.2) is 47.3 Å². The van der Waals surface area contributed by atoms with Crippen molar-refractivity contribution in [2.75, 3.05) is 37.9 Å². The minimum Gasteiger partial charge on any atom is -0.381 e. The van der Waals surface area contributed by atoms with Gasteiger partial charge in [0.1, 0.15) is 0 Å². The fourth-order valence-electron chi connectivity index (χ4n) is 7.22. The van der Waals surface area contributed by atoms with Crippen molar-refractivity contribution < 1.29 is 14.3 Å². The third-order valence-corrected chi connectivity index (χ3v) is 9.96. The molecule has 0 bridgehead atoms. The van der Waals surface area contributed by atoms with Gasteiger partial charge in [-0.15, -0.1) is 0 Å². The van der Waals surface area contributed by atoms with E-state index in [4.69, 9.17) is 9.47 Å². The third kappa shape index (κ3) is 7.19. The number of aromatic nitrogens is 1. The second-order valence-electron chi connectivity index (χ2n) is 13.0. The van der Waals surface area contributed by atoms with Crippen molar-refractivity contribution >= 4 is 11.6 Å². The Labute approximate surface area is 266 Å². The lowest BCUT2D eigenvalue weighted by Gasteiger charge is -2.37. The number of amides is 1. The summed E-state index contributed by atoms with van der Waals surface area (Å²) in [6.07, 6.45) is 5.30. The Bertz CT molecular complexity index is 1550. The second-order valence-corrected chi connectivity index (χ2v) is 13.0. The van der Waals surface area contributed by atoms with E-state index in [1.165, 1.54) is 12.0 Å². The zero-order valence-corrected chi connectivity index (χ0v) is 27.2. The first-order chi connectivity index (χ1) is 21.8. The maximum absolute atomic E-state index is 13.8. The number of nitrogens with one attached hydrogen (secondary N) is 3. The van der Waals surface area contributed by atoms with Gasteiger partial charge in [0, 0.05) is 86.1 Å². The van der Waals surface area contributed by atoms with E-state index in [2.05, 4.69) is 57.8 Å². The van der Waals surface area contributed by atoms with Crippen LogP contribution < -0.4 is 21.1 Å². The highest BCUT2D eigenvalue weighted by Crippen LogP contribution is 2.42. The Hall–Kier alpha value is -3.46. The van der Waals surface area contributed by atoms with Crippen LogP contribution in [0.4, 0.5) is 5.69 Å². The normalized spacial score (nSPS) is 20.6. The van der Waals surface area contributed by atoms with Gasteiger partial charge in [0.2, 0.25) is 0 Å². The number of aromatic amines is 1. The average Bonchev–Trinajstić information content (AvgIpc) is 3.81. The number of aryl methyl sites for hydroxylation is 2. The number of H-pyrrole nitrogens is 1. The molecule has 8 heteroatoms. The number of anilines is 1. The summed E-state index contributed by atoms with van der Waals surface area (Å²) in [7, 11) is 0. The lowest BCUT2D eigenvalue weighted by atomic mass is 9.94. The summed E-state index contributed by atoms with van der Waals surface area (Å²) in [4.78, 5) is 31.8. The van der Waals surface area contributed by atoms with Gasteiger partial charge in [-0.2, -0.15) is 0 Å². The highest BCUT2D eigenvalue weighted by atomic mass is 16.5. The van der Waals surface area contributed by atoms with Crippen LogP contribution in [0, 0.1) is 20.8 Å². The Morgan fingerprint density at radius 1 is 0.933 bits per heavy atom. The molecule has 8 nitrogen and oxygen atoms in total. The molecule has 3 heterocycles. The Kier molecular flexibility index (Phi) is 9.73. The SMILES string of the molecule is CCN(c1cc(-c2ccc([C@@H]3C[C@H]3NC3CCOCC3)cc2)cc(C(=O)NCc2c(C)cc(C)[nH]c2=O)c1C)C1CCOCC1. The summed E-state index contributed by atoms with van der Waals surface area (Å²) < 4.78 is 11.2. The van der Waals surface area contributed by atoms with Crippen LogP contribution in [0.3, 0.4) is 0 Å². The van der Waals surface area contributed by atoms with Gasteiger partial charge in [0.25, 0.3) is 11.5 Å². The molecular formula is C37H48N4O4. The fourth-order valence-corrected chi connectivity index (χ4v) is 7.22. The van der Waals surface area contributed by atoms with Crippen LogP contribution in [0.2, 0.25) is 0 Å². The molecule has 0 spiro atoms. The molecule has 3 fully saturated rings. The van der Waals surface area contributed by atoms with Crippen molar-refractivity contribution in [3.05, 3.63) is 86.3 Å². The molecular weight excluding hydrogens is 564 g/mol. The lowest BCUT2D eigenvalue weighted by Crippen LogP contribution is -2.40. The number of carbonyl (C=O) groups is 1. The van der Waals surface area contributed by atoms with E-state index < -0.39 is 0 Å². The van der Waals surface area contributed by atoms with Gasteiger partial charge in [-0.3, -0.25) is 9.59 Å². The first-order valence-electron chi connectivity index (χ1n) is 16.7. The van der Waals surface area contributed by atoms with Crippen LogP contribution in [0.1, 0.15) is 83.3 Å². The Balaban J connectivity index is 1.27. The number of ether oxygens (including phenoxy) is 2. The summed E-state index contributed by atoms with van der Waals surface area (Å²) in [6, 6.07) is 16.6. The summed E-state index contributed by atoms with van der Waals surface area (Å²) in [6.45, 7) is 12.2. The molecule has 1 saturated carbocycles. The topological polar surface area (TPSA) is 95.7 Å². The molecule has 1 amide bonds. The molecule has 3 N–H and O–H groups in total. The first-order valence-corrected chi connectivity index (χ1v) is 16.7. The maximum atomic E-state index is 13.8. The van der Waals surface area contributed by atoms with Crippen molar-refractivity contribution in [2.45, 2.75) is 90.4 Å². The molecule has 0 unspecified atom stereocenters. The minimum absolute atomic E-state index is 0.156. The summed E-state index contributed by atoms with van der Waals surface area (Å²) >= 11 is 0. The van der Waals surface area contributed by atoms with Crippen molar-refractivity contribution in [1.29, 1.82) is 0 Å². The Morgan fingerprint density at radius 2 is 1.62 bits per heavy atom. The standard InChI is InChI=1S/C37H48N4O4/c1-5-41(30-12-16-45-17-13-30)35-20-28(19-31(25(35)4)36(42)38-22-33-23(2)18-24(3)39-37(33)43)26-6-8-27(9-7-26)32-21-34(32)40-29-10-14-44-15-11-29/h6-9,18-20,29-30,32,34,40H,5,10-17,21-22H2,1-4H3,(H,38,42)(H,39,43)/t32-,34+/m0/s1. The van der Waals surface area contributed by atoms with E-state index in [0.717, 1.165) is 92.3 Å². The molecule has 2 aromatic carbocycles. The largest absolute Gasteiger partial charge is 0.381 e. The van der Waals surface area contributed by atoms with Gasteiger partial charge >= 0.3 is 0 Å². The van der Waals surface area contributed by atoms with Gasteiger partial charge in [0.05, 0.1) is 0 Å². The number of hydrogen-bond donors (Lipinski definition) is 3. The first kappa shape index (κ1) is 31.5. The third-order valence-electron chi connectivity index (χ3n) is 9.96. The quantitative estimate of drug-likeness (QED) is 0.279. The number of nitrogens with zero attached hydrogens (tertiary/aromatic N) is 1. The predicted octanol–water partition coefficient (Wildman–Crippen LogP) is 5.53. The molecule has 0 radical (unpaired) electrons. The van der Waals surface area contributed by atoms with Crippen molar-refractivity contribution in [3.8, 4) is 11.1 Å². The average molecular weight is 613 g/mol. The maximum Gasteiger partial charge on any atom is 0.253 e. The van der Waals surface area contributed by atoms with E-state index in [0.29, 0.717) is 35.2 Å². The number of rotatable bonds is 10. The van der Waals surface area contributed by atoms with Crippen molar-refractivity contribution in [3.63, 3.8) is 0 Å². The predicted molar refractivity (Wildman–Crippen MR) is 179 cm³/mol. The molecule has 1 aliphatic carbocycles. The van der Waals surface area contributed by atoms with E-state index in [9.17, 15) is 9.59 Å². The molecule has 2 aliphatic heterocycles. The lowest BCUT2D eigenvalue weighted by molar-refractivity contribution is 0.0774. The zero-order chi connectivity index (χ0) is 31.5. The number of pyridine rings is 1. The minimum atomic E-state index is -0.172. The molecule has 240 valence electrons. The van der Waals surface area contributed by atoms with Crippen LogP contribution >= 0.6 is 0 Å². The van der Waals surface area contributed by atoms with Gasteiger partial charge in [-0.1, -0.05) is 24.3 Å². The van der Waals surface area contributed by atoms with Gasteiger partial charge < -0.3 is 30.0 Å². The van der Waals surface area contributed by atoms with Gasteiger partial charge in [-0.05, 0) is 106 Å². The Morgan fingerprint density at radius 3 is 2.29 bits per heavy atom. The van der Waals surface area contributed by atoms with Gasteiger partial charge in [-0.25, -0.2) is 0 Å². The van der Waals surface area contributed by atoms with E-state index >= 15 is 0 Å². The van der Waals surface area contributed by atoms with Crippen molar-refractivity contribution in [1.82, 2.24) is 15.6 Å². The molecule has 2 atom stereocenters. The summed E-state index contributed by atoms with van der Waals surface area (Å²) in [5.41, 5.74) is 8.28. The van der Waals surface area contributed by atoms with Crippen LogP contribution in [-0.4, -0.2) is 62.0 Å². The van der Waals surface area contributed by atoms with E-state index in [1.54, 1.807) is 0 Å². The second kappa shape index (κ2) is 13.9. The highest BCUT2D eigenvalue weighted by Gasteiger charge is 2.39. The number of hydrogen-bond acceptors (Lipinski definition) is 6. The monoisotopic (exact) mass is 612 g/mol. The van der Waals surface area contributed by atoms with Crippen LogP contribution in [0.5, 0.6) is 0 Å². The van der Waals surface area contributed by atoms with Crippen molar-refractivity contribution in [2.24, 2.45) is 0 Å². The van der Waals surface area contributed by atoms with Crippen LogP contribution in [-0.2, 0) is 16.0 Å². The van der Waals surface area contributed by atoms with E-state index in [-0.39, 0.29) is 18.0 Å². The van der Waals surface area contributed by atoms with Gasteiger partial charge in [0.15, 0.2) is 0 Å². The number of carbonyl (C=O) groups excluding carboxylic acids is 1. The van der Waals surface area contributed by atoms with Crippen LogP contribution in [0.25, 0.3) is 11.1 Å². The molecule has 3 aliphatic rings. The summed E-state index contributed by atoms with van der Waals surface area (Å²) in [5, 5.41) is 6.90. The highest BCUT2D eigenvalue weighted by molar-refractivity contribution is 5.99. The molecule has 45 heavy (non-hydrogen) atoms. The molecule has 6 rings (SSSR count). The smallest absolute Gasteiger partial charge is 0.253 e. The molecule has 1 aromatic heterocycles. The van der Waals surface area contributed by atoms with E-state index in [1.807, 2.05) is 32.9 Å².